The van der Waals surface area contributed by atoms with Gasteiger partial charge in [-0.05, 0) is 56.9 Å². The number of aromatic nitrogens is 1. The van der Waals surface area contributed by atoms with Crippen LogP contribution < -0.4 is 4.90 Å². The summed E-state index contributed by atoms with van der Waals surface area (Å²) in [5.74, 6) is -0.191. The van der Waals surface area contributed by atoms with Crippen LogP contribution in [0.25, 0.3) is 10.2 Å². The Balaban J connectivity index is 1.70. The summed E-state index contributed by atoms with van der Waals surface area (Å²) in [5.41, 5.74) is 1.95. The molecule has 1 aliphatic rings. The maximum absolute atomic E-state index is 13.9. The van der Waals surface area contributed by atoms with Gasteiger partial charge in [-0.2, -0.15) is 4.31 Å². The molecule has 0 bridgehead atoms. The standard InChI is InChI=1S/C22H28N4O3S3/c1-16-8-6-10-18-20(16)23-22(31-18)25(14-13-24(2)3)21(27)17-9-4-5-12-26(17)32(28,29)19-11-7-15-30-19/h6-8,10-11,15,17H,4-5,9,12-14H2,1-3H3. The van der Waals surface area contributed by atoms with Crippen LogP contribution in [0.5, 0.6) is 0 Å². The fourth-order valence-corrected chi connectivity index (χ4v) is 7.78. The van der Waals surface area contributed by atoms with Crippen molar-refractivity contribution in [2.45, 2.75) is 36.4 Å². The summed E-state index contributed by atoms with van der Waals surface area (Å²) in [4.78, 5) is 22.4. The zero-order chi connectivity index (χ0) is 22.9. The average Bonchev–Trinajstić information content (AvgIpc) is 3.45. The smallest absolute Gasteiger partial charge is 0.253 e. The molecule has 1 aromatic carbocycles. The zero-order valence-electron chi connectivity index (χ0n) is 18.5. The first-order chi connectivity index (χ1) is 15.3. The highest BCUT2D eigenvalue weighted by atomic mass is 32.2. The SMILES string of the molecule is Cc1cccc2sc(N(CCN(C)C)C(=O)C3CCCCN3S(=O)(=O)c3cccs3)nc12. The molecule has 10 heteroatoms. The number of carbonyl (C=O) groups is 1. The molecule has 172 valence electrons. The molecule has 0 spiro atoms. The Kier molecular flexibility index (Phi) is 6.97. The van der Waals surface area contributed by atoms with E-state index in [2.05, 4.69) is 0 Å². The lowest BCUT2D eigenvalue weighted by molar-refractivity contribution is -0.123. The van der Waals surface area contributed by atoms with Gasteiger partial charge in [0.1, 0.15) is 10.3 Å². The molecule has 0 radical (unpaired) electrons. The molecule has 1 atom stereocenters. The van der Waals surface area contributed by atoms with Crippen LogP contribution in [0, 0.1) is 6.92 Å². The third-order valence-corrected chi connectivity index (χ3v) is 10.00. The fourth-order valence-electron chi connectivity index (χ4n) is 3.94. The van der Waals surface area contributed by atoms with Gasteiger partial charge in [0.15, 0.2) is 5.13 Å². The summed E-state index contributed by atoms with van der Waals surface area (Å²) in [7, 11) is 0.201. The number of para-hydroxylation sites is 1. The number of hydrogen-bond acceptors (Lipinski definition) is 7. The lowest BCUT2D eigenvalue weighted by Gasteiger charge is -2.36. The maximum atomic E-state index is 13.9. The second-order valence-corrected chi connectivity index (χ2v) is 12.3. The van der Waals surface area contributed by atoms with Gasteiger partial charge in [0.2, 0.25) is 5.91 Å². The minimum Gasteiger partial charge on any atom is -0.308 e. The number of amides is 1. The first kappa shape index (κ1) is 23.3. The summed E-state index contributed by atoms with van der Waals surface area (Å²) >= 11 is 2.67. The van der Waals surface area contributed by atoms with Crippen LogP contribution in [0.4, 0.5) is 5.13 Å². The Morgan fingerprint density at radius 3 is 2.69 bits per heavy atom. The van der Waals surface area contributed by atoms with Gasteiger partial charge >= 0.3 is 0 Å². The quantitative estimate of drug-likeness (QED) is 0.502. The number of thiophene rings is 1. The summed E-state index contributed by atoms with van der Waals surface area (Å²) < 4.78 is 29.4. The lowest BCUT2D eigenvalue weighted by atomic mass is 10.0. The number of sulfonamides is 1. The number of benzene rings is 1. The Bertz CT molecular complexity index is 1190. The molecule has 1 amide bonds. The van der Waals surface area contributed by atoms with Gasteiger partial charge < -0.3 is 4.90 Å². The van der Waals surface area contributed by atoms with E-state index in [4.69, 9.17) is 4.98 Å². The number of likely N-dealkylation sites (N-methyl/N-ethyl adjacent to an activating group) is 1. The second-order valence-electron chi connectivity index (χ2n) is 8.27. The van der Waals surface area contributed by atoms with Gasteiger partial charge in [-0.15, -0.1) is 11.3 Å². The van der Waals surface area contributed by atoms with E-state index in [9.17, 15) is 13.2 Å². The van der Waals surface area contributed by atoms with Crippen molar-refractivity contribution in [1.29, 1.82) is 0 Å². The second kappa shape index (κ2) is 9.56. The number of fused-ring (bicyclic) bond motifs is 1. The number of hydrogen-bond donors (Lipinski definition) is 0. The number of rotatable bonds is 7. The number of nitrogens with zero attached hydrogens (tertiary/aromatic N) is 4. The van der Waals surface area contributed by atoms with Crippen molar-refractivity contribution in [3.8, 4) is 0 Å². The van der Waals surface area contributed by atoms with Gasteiger partial charge in [-0.3, -0.25) is 9.69 Å². The molecule has 32 heavy (non-hydrogen) atoms. The number of aryl methyl sites for hydroxylation is 1. The molecule has 7 nitrogen and oxygen atoms in total. The molecular weight excluding hydrogens is 464 g/mol. The van der Waals surface area contributed by atoms with E-state index < -0.39 is 16.1 Å². The molecule has 2 aromatic heterocycles. The minimum absolute atomic E-state index is 0.191. The van der Waals surface area contributed by atoms with Crippen LogP contribution in [0.3, 0.4) is 0 Å². The molecule has 1 aliphatic heterocycles. The van der Waals surface area contributed by atoms with Crippen molar-refractivity contribution in [1.82, 2.24) is 14.2 Å². The first-order valence-electron chi connectivity index (χ1n) is 10.7. The molecular formula is C22H28N4O3S3. The van der Waals surface area contributed by atoms with Crippen molar-refractivity contribution in [3.05, 3.63) is 41.3 Å². The summed E-state index contributed by atoms with van der Waals surface area (Å²) in [5, 5.41) is 2.38. The molecule has 1 unspecified atom stereocenters. The van der Waals surface area contributed by atoms with E-state index in [0.717, 1.165) is 28.6 Å². The topological polar surface area (TPSA) is 73.8 Å². The van der Waals surface area contributed by atoms with Crippen LogP contribution in [0.1, 0.15) is 24.8 Å². The van der Waals surface area contributed by atoms with Crippen LogP contribution in [0.15, 0.2) is 39.9 Å². The van der Waals surface area contributed by atoms with Crippen molar-refractivity contribution < 1.29 is 13.2 Å². The van der Waals surface area contributed by atoms with Gasteiger partial charge in [0.25, 0.3) is 10.0 Å². The highest BCUT2D eigenvalue weighted by Gasteiger charge is 2.40. The monoisotopic (exact) mass is 492 g/mol. The summed E-state index contributed by atoms with van der Waals surface area (Å²) in [6.45, 7) is 3.48. The maximum Gasteiger partial charge on any atom is 0.253 e. The van der Waals surface area contributed by atoms with Crippen molar-refractivity contribution in [3.63, 3.8) is 0 Å². The fraction of sp³-hybridized carbons (Fsp3) is 0.455. The highest BCUT2D eigenvalue weighted by Crippen LogP contribution is 2.33. The Morgan fingerprint density at radius 1 is 1.19 bits per heavy atom. The van der Waals surface area contributed by atoms with E-state index in [1.807, 2.05) is 44.1 Å². The predicted molar refractivity (Wildman–Crippen MR) is 131 cm³/mol. The third kappa shape index (κ3) is 4.60. The summed E-state index contributed by atoms with van der Waals surface area (Å²) in [6, 6.07) is 8.62. The van der Waals surface area contributed by atoms with Crippen molar-refractivity contribution in [2.75, 3.05) is 38.6 Å². The molecule has 1 saturated heterocycles. The van der Waals surface area contributed by atoms with Crippen molar-refractivity contribution >= 4 is 54.0 Å². The molecule has 1 fully saturated rings. The minimum atomic E-state index is -3.71. The summed E-state index contributed by atoms with van der Waals surface area (Å²) in [6.07, 6.45) is 2.10. The molecule has 3 aromatic rings. The third-order valence-electron chi connectivity index (χ3n) is 5.67. The number of carbonyl (C=O) groups excluding carboxylic acids is 1. The number of thiazole rings is 1. The van der Waals surface area contributed by atoms with Crippen molar-refractivity contribution in [2.24, 2.45) is 0 Å². The number of anilines is 1. The van der Waals surface area contributed by atoms with Crippen LogP contribution >= 0.6 is 22.7 Å². The molecule has 0 aliphatic carbocycles. The lowest BCUT2D eigenvalue weighted by Crippen LogP contribution is -2.53. The highest BCUT2D eigenvalue weighted by molar-refractivity contribution is 7.91. The number of piperidine rings is 1. The average molecular weight is 493 g/mol. The van der Waals surface area contributed by atoms with Gasteiger partial charge in [-0.1, -0.05) is 36.0 Å². The van der Waals surface area contributed by atoms with E-state index in [1.54, 1.807) is 22.4 Å². The Morgan fingerprint density at radius 2 is 2.00 bits per heavy atom. The van der Waals surface area contributed by atoms with E-state index in [-0.39, 0.29) is 10.1 Å². The molecule has 3 heterocycles. The van der Waals surface area contributed by atoms with Crippen LogP contribution in [-0.2, 0) is 14.8 Å². The first-order valence-corrected chi connectivity index (χ1v) is 13.8. The van der Waals surface area contributed by atoms with E-state index in [0.29, 0.717) is 31.2 Å². The van der Waals surface area contributed by atoms with Gasteiger partial charge in [-0.25, -0.2) is 13.4 Å². The van der Waals surface area contributed by atoms with E-state index >= 15 is 0 Å². The normalized spacial score (nSPS) is 17.8. The van der Waals surface area contributed by atoms with Crippen LogP contribution in [-0.4, -0.2) is 68.3 Å². The van der Waals surface area contributed by atoms with E-state index in [1.165, 1.54) is 27.0 Å². The molecule has 4 rings (SSSR count). The molecule has 0 N–H and O–H groups in total. The van der Waals surface area contributed by atoms with Gasteiger partial charge in [0.05, 0.1) is 10.2 Å². The zero-order valence-corrected chi connectivity index (χ0v) is 21.0. The van der Waals surface area contributed by atoms with Gasteiger partial charge in [0, 0.05) is 19.6 Å². The molecule has 0 saturated carbocycles. The Labute approximate surface area is 197 Å². The Hall–Kier alpha value is -1.85. The van der Waals surface area contributed by atoms with Crippen LogP contribution in [0.2, 0.25) is 0 Å². The largest absolute Gasteiger partial charge is 0.308 e. The predicted octanol–water partition coefficient (Wildman–Crippen LogP) is 3.80.